The van der Waals surface area contributed by atoms with Crippen molar-refractivity contribution in [1.29, 1.82) is 0 Å². The molecule has 9 nitrogen and oxygen atoms in total. The zero-order chi connectivity index (χ0) is 23.6. The van der Waals surface area contributed by atoms with E-state index in [0.29, 0.717) is 11.4 Å². The number of nitrogens with one attached hydrogen (secondary N) is 1. The maximum Gasteiger partial charge on any atom is 0.414 e. The summed E-state index contributed by atoms with van der Waals surface area (Å²) in [6, 6.07) is 8.44. The van der Waals surface area contributed by atoms with Crippen LogP contribution in [0, 0.1) is 0 Å². The lowest BCUT2D eigenvalue weighted by molar-refractivity contribution is 0.143. The minimum Gasteiger partial charge on any atom is -0.496 e. The van der Waals surface area contributed by atoms with Gasteiger partial charge in [-0.2, -0.15) is 13.1 Å². The maximum absolute atomic E-state index is 12.2. The van der Waals surface area contributed by atoms with E-state index in [0.717, 1.165) is 11.3 Å². The Labute approximate surface area is 196 Å². The van der Waals surface area contributed by atoms with E-state index in [2.05, 4.69) is 4.72 Å². The number of rotatable bonds is 8. The average Bonchev–Trinajstić information content (AvgIpc) is 3.09. The highest BCUT2D eigenvalue weighted by atomic mass is 35.5. The summed E-state index contributed by atoms with van der Waals surface area (Å²) in [5.41, 5.74) is 1.35. The molecule has 3 rings (SSSR count). The highest BCUT2D eigenvalue weighted by Crippen LogP contribution is 2.41. The highest BCUT2D eigenvalue weighted by Gasteiger charge is 2.33. The molecule has 0 spiro atoms. The van der Waals surface area contributed by atoms with Gasteiger partial charge in [0, 0.05) is 5.56 Å². The molecule has 32 heavy (non-hydrogen) atoms. The average molecular weight is 504 g/mol. The molecular weight excluding hydrogens is 481 g/mol. The number of anilines is 1. The van der Waals surface area contributed by atoms with Crippen molar-refractivity contribution in [3.8, 4) is 17.2 Å². The van der Waals surface area contributed by atoms with Gasteiger partial charge in [-0.15, -0.1) is 0 Å². The summed E-state index contributed by atoms with van der Waals surface area (Å²) in [5, 5.41) is 5.28. The maximum atomic E-state index is 12.2. The zero-order valence-corrected chi connectivity index (χ0v) is 19.9. The number of benzene rings is 2. The molecule has 12 heteroatoms. The van der Waals surface area contributed by atoms with Crippen LogP contribution >= 0.6 is 23.2 Å². The summed E-state index contributed by atoms with van der Waals surface area (Å²) in [7, 11) is -2.30. The van der Waals surface area contributed by atoms with Crippen molar-refractivity contribution in [3.05, 3.63) is 45.9 Å². The Morgan fingerprint density at radius 1 is 1.25 bits per heavy atom. The van der Waals surface area contributed by atoms with E-state index < -0.39 is 22.4 Å². The highest BCUT2D eigenvalue weighted by molar-refractivity contribution is 7.87. The van der Waals surface area contributed by atoms with Crippen molar-refractivity contribution < 1.29 is 27.4 Å². The fourth-order valence-corrected chi connectivity index (χ4v) is 4.16. The summed E-state index contributed by atoms with van der Waals surface area (Å²) in [4.78, 5) is 13.5. The van der Waals surface area contributed by atoms with Gasteiger partial charge in [-0.25, -0.2) is 9.93 Å². The molecule has 3 N–H and O–H groups in total. The Morgan fingerprint density at radius 2 is 1.91 bits per heavy atom. The van der Waals surface area contributed by atoms with Crippen LogP contribution in [-0.4, -0.2) is 40.8 Å². The number of hydrogen-bond donors (Lipinski definition) is 2. The van der Waals surface area contributed by atoms with Crippen LogP contribution in [0.2, 0.25) is 10.0 Å². The number of cyclic esters (lactones) is 1. The number of halogens is 2. The first kappa shape index (κ1) is 24.4. The van der Waals surface area contributed by atoms with E-state index in [1.54, 1.807) is 19.2 Å². The third-order valence-corrected chi connectivity index (χ3v) is 5.85. The molecule has 0 aliphatic carbocycles. The molecule has 1 aliphatic rings. The third kappa shape index (κ3) is 5.76. The van der Waals surface area contributed by atoms with Crippen molar-refractivity contribution in [2.75, 3.05) is 25.1 Å². The quantitative estimate of drug-likeness (QED) is 0.560. The van der Waals surface area contributed by atoms with Gasteiger partial charge in [-0.1, -0.05) is 37.0 Å². The molecule has 1 aliphatic heterocycles. The summed E-state index contributed by atoms with van der Waals surface area (Å²) in [6.45, 7) is 4.01. The number of hydrogen-bond acceptors (Lipinski definition) is 6. The van der Waals surface area contributed by atoms with Gasteiger partial charge in [0.1, 0.15) is 17.6 Å². The summed E-state index contributed by atoms with van der Waals surface area (Å²) in [6.07, 6.45) is -1.38. The van der Waals surface area contributed by atoms with Crippen LogP contribution in [-0.2, 0) is 14.9 Å². The van der Waals surface area contributed by atoms with Crippen molar-refractivity contribution in [1.82, 2.24) is 4.72 Å². The van der Waals surface area contributed by atoms with E-state index in [1.165, 1.54) is 17.0 Å². The van der Waals surface area contributed by atoms with Crippen LogP contribution in [0.5, 0.6) is 17.2 Å². The fraction of sp³-hybridized carbons (Fsp3) is 0.350. The smallest absolute Gasteiger partial charge is 0.414 e. The Morgan fingerprint density at radius 3 is 2.47 bits per heavy atom. The number of nitrogens with two attached hydrogens (primary N) is 1. The van der Waals surface area contributed by atoms with E-state index in [4.69, 9.17) is 42.6 Å². The number of carbonyl (C=O) groups is 1. The number of nitrogens with zero attached hydrogens (tertiary/aromatic N) is 1. The SMILES string of the molecule is COc1ccc(Oc2c(Cl)cc(N3CC(CNS(N)(=O)=O)OC3=O)cc2Cl)cc1C(C)C. The second-order valence-electron chi connectivity index (χ2n) is 7.41. The molecule has 1 unspecified atom stereocenters. The van der Waals surface area contributed by atoms with Crippen molar-refractivity contribution in [3.63, 3.8) is 0 Å². The van der Waals surface area contributed by atoms with Crippen molar-refractivity contribution in [2.24, 2.45) is 5.14 Å². The van der Waals surface area contributed by atoms with Crippen LogP contribution < -0.4 is 24.2 Å². The number of ether oxygens (including phenoxy) is 3. The molecule has 174 valence electrons. The molecule has 1 fully saturated rings. The summed E-state index contributed by atoms with van der Waals surface area (Å²) < 4.78 is 40.7. The Balaban J connectivity index is 1.80. The molecule has 1 amide bonds. The van der Waals surface area contributed by atoms with Crippen molar-refractivity contribution >= 4 is 45.2 Å². The Bertz CT molecular complexity index is 1100. The topological polar surface area (TPSA) is 120 Å². The minimum atomic E-state index is -3.90. The van der Waals surface area contributed by atoms with Gasteiger partial charge in [0.05, 0.1) is 35.9 Å². The lowest BCUT2D eigenvalue weighted by Gasteiger charge is -2.18. The Kier molecular flexibility index (Phi) is 7.41. The second kappa shape index (κ2) is 9.72. The molecular formula is C20H23Cl2N3O6S. The molecule has 0 saturated carbocycles. The summed E-state index contributed by atoms with van der Waals surface area (Å²) in [5.74, 6) is 1.72. The predicted octanol–water partition coefficient (Wildman–Crippen LogP) is 4.04. The van der Waals surface area contributed by atoms with E-state index in [1.807, 2.05) is 19.9 Å². The molecule has 0 bridgehead atoms. The molecule has 1 heterocycles. The predicted molar refractivity (Wildman–Crippen MR) is 122 cm³/mol. The van der Waals surface area contributed by atoms with Gasteiger partial charge >= 0.3 is 6.09 Å². The van der Waals surface area contributed by atoms with Gasteiger partial charge in [-0.05, 0) is 36.2 Å². The molecule has 0 radical (unpaired) electrons. The van der Waals surface area contributed by atoms with Crippen LogP contribution in [0.4, 0.5) is 10.5 Å². The lowest BCUT2D eigenvalue weighted by atomic mass is 10.0. The van der Waals surface area contributed by atoms with Crippen molar-refractivity contribution in [2.45, 2.75) is 25.9 Å². The van der Waals surface area contributed by atoms with Crippen LogP contribution in [0.3, 0.4) is 0 Å². The third-order valence-electron chi connectivity index (χ3n) is 4.72. The first-order valence-electron chi connectivity index (χ1n) is 9.59. The largest absolute Gasteiger partial charge is 0.496 e. The molecule has 2 aromatic rings. The van der Waals surface area contributed by atoms with E-state index >= 15 is 0 Å². The van der Waals surface area contributed by atoms with Gasteiger partial charge in [0.2, 0.25) is 0 Å². The number of carbonyl (C=O) groups excluding carboxylic acids is 1. The monoisotopic (exact) mass is 503 g/mol. The summed E-state index contributed by atoms with van der Waals surface area (Å²) >= 11 is 12.8. The normalized spacial score (nSPS) is 16.4. The van der Waals surface area contributed by atoms with E-state index in [9.17, 15) is 13.2 Å². The Hall–Kier alpha value is -2.24. The van der Waals surface area contributed by atoms with Crippen LogP contribution in [0.25, 0.3) is 0 Å². The zero-order valence-electron chi connectivity index (χ0n) is 17.6. The molecule has 1 atom stereocenters. The van der Waals surface area contributed by atoms with Crippen LogP contribution in [0.1, 0.15) is 25.3 Å². The first-order valence-corrected chi connectivity index (χ1v) is 11.9. The van der Waals surface area contributed by atoms with Gasteiger partial charge in [0.25, 0.3) is 10.2 Å². The molecule has 2 aromatic carbocycles. The van der Waals surface area contributed by atoms with Gasteiger partial charge in [0.15, 0.2) is 5.75 Å². The lowest BCUT2D eigenvalue weighted by Crippen LogP contribution is -2.38. The molecule has 1 saturated heterocycles. The minimum absolute atomic E-state index is 0.0877. The van der Waals surface area contributed by atoms with Gasteiger partial charge < -0.3 is 14.2 Å². The van der Waals surface area contributed by atoms with Crippen LogP contribution in [0.15, 0.2) is 30.3 Å². The number of amides is 1. The molecule has 0 aromatic heterocycles. The first-order chi connectivity index (χ1) is 15.0. The fourth-order valence-electron chi connectivity index (χ4n) is 3.19. The standard InChI is InChI=1S/C20H23Cl2N3O6S/c1-11(2)15-8-13(4-5-18(15)29-3)30-19-16(21)6-12(7-17(19)22)25-10-14(31-20(25)26)9-24-32(23,27)28/h4-8,11,14,24H,9-10H2,1-3H3,(H2,23,27,28). The number of methoxy groups -OCH3 is 1. The van der Waals surface area contributed by atoms with Gasteiger partial charge in [-0.3, -0.25) is 4.90 Å². The van der Waals surface area contributed by atoms with E-state index in [-0.39, 0.29) is 34.8 Å². The second-order valence-corrected chi connectivity index (χ2v) is 9.60.